The fraction of sp³-hybridized carbons (Fsp3) is 0.200. The number of hydrogen-bond donors (Lipinski definition) is 4. The minimum atomic E-state index is -1.88. The molecule has 0 aromatic carbocycles. The first kappa shape index (κ1) is 13.0. The molecule has 0 aliphatic carbocycles. The molecule has 0 aliphatic rings. The Morgan fingerprint density at radius 3 is 1.73 bits per heavy atom. The van der Waals surface area contributed by atoms with E-state index >= 15 is 0 Å². The minimum Gasteiger partial charge on any atom is -0.398 e. The highest BCUT2D eigenvalue weighted by molar-refractivity contribution is 5.17. The molecule has 84 valence electrons. The minimum absolute atomic E-state index is 0.330. The van der Waals surface area contributed by atoms with Gasteiger partial charge in [0.2, 0.25) is 0 Å². The van der Waals surface area contributed by atoms with E-state index in [0.29, 0.717) is 6.08 Å². The quantitative estimate of drug-likeness (QED) is 0.176. The van der Waals surface area contributed by atoms with Crippen LogP contribution in [0.2, 0.25) is 0 Å². The number of hydrogen-bond acceptors (Lipinski definition) is 8. The summed E-state index contributed by atoms with van der Waals surface area (Å²) in [6.07, 6.45) is 1.36. The Morgan fingerprint density at radius 2 is 1.47 bits per heavy atom. The largest absolute Gasteiger partial charge is 0.558 e. The summed E-state index contributed by atoms with van der Waals surface area (Å²) in [5.41, 5.74) is 20.2. The van der Waals surface area contributed by atoms with Crippen LogP contribution in [0.5, 0.6) is 0 Å². The number of nitrogens with zero attached hydrogens (tertiary/aromatic N) is 2. The van der Waals surface area contributed by atoms with Gasteiger partial charge >= 0.3 is 5.82 Å². The monoisotopic (exact) mass is 218 g/mol. The standard InChI is InChI=1S/C5H10N6O4/c6-3(5(7,8)9)1-2-4(10(12)13)11(14)15/h1-2H,6-9H2. The van der Waals surface area contributed by atoms with Crippen LogP contribution in [0, 0.1) is 20.2 Å². The summed E-state index contributed by atoms with van der Waals surface area (Å²) >= 11 is 0. The zero-order chi connectivity index (χ0) is 12.2. The van der Waals surface area contributed by atoms with E-state index in [1.165, 1.54) is 0 Å². The normalized spacial score (nSPS) is 12.1. The van der Waals surface area contributed by atoms with Crippen molar-refractivity contribution in [3.05, 3.63) is 43.9 Å². The first-order valence-corrected chi connectivity index (χ1v) is 3.49. The van der Waals surface area contributed by atoms with Crippen LogP contribution >= 0.6 is 0 Å². The Kier molecular flexibility index (Phi) is 3.85. The van der Waals surface area contributed by atoms with Gasteiger partial charge in [0.15, 0.2) is 5.79 Å². The Balaban J connectivity index is 5.05. The van der Waals surface area contributed by atoms with Gasteiger partial charge in [-0.1, -0.05) is 0 Å². The highest BCUT2D eigenvalue weighted by Crippen LogP contribution is 2.00. The lowest BCUT2D eigenvalue weighted by molar-refractivity contribution is -0.615. The maximum absolute atomic E-state index is 10.1. The predicted molar refractivity (Wildman–Crippen MR) is 49.6 cm³/mol. The second-order valence-electron chi connectivity index (χ2n) is 2.59. The highest BCUT2D eigenvalue weighted by atomic mass is 16.7. The van der Waals surface area contributed by atoms with Crippen LogP contribution in [0.15, 0.2) is 23.7 Å². The average molecular weight is 218 g/mol. The molecule has 8 N–H and O–H groups in total. The van der Waals surface area contributed by atoms with E-state index in [1.54, 1.807) is 0 Å². The van der Waals surface area contributed by atoms with E-state index in [2.05, 4.69) is 0 Å². The van der Waals surface area contributed by atoms with E-state index in [0.717, 1.165) is 6.08 Å². The third-order valence-electron chi connectivity index (χ3n) is 1.29. The topological polar surface area (TPSA) is 190 Å². The summed E-state index contributed by atoms with van der Waals surface area (Å²) in [7, 11) is 0. The fourth-order valence-electron chi connectivity index (χ4n) is 0.497. The zero-order valence-corrected chi connectivity index (χ0v) is 7.49. The van der Waals surface area contributed by atoms with Crippen molar-refractivity contribution in [3.63, 3.8) is 0 Å². The Bertz CT molecular complexity index is 324. The SMILES string of the molecule is NC(=CC=C([N+](=O)[O-])[N+](=O)[O-])C(N)(N)N. The molecule has 0 rings (SSSR count). The van der Waals surface area contributed by atoms with Crippen LogP contribution in [-0.2, 0) is 0 Å². The number of nitro groups is 2. The summed E-state index contributed by atoms with van der Waals surface area (Å²) in [6.45, 7) is 0. The van der Waals surface area contributed by atoms with Crippen LogP contribution in [0.25, 0.3) is 0 Å². The van der Waals surface area contributed by atoms with Gasteiger partial charge in [0.25, 0.3) is 0 Å². The lowest BCUT2D eigenvalue weighted by Crippen LogP contribution is -2.61. The molecule has 0 atom stereocenters. The molecule has 0 radical (unpaired) electrons. The van der Waals surface area contributed by atoms with Crippen molar-refractivity contribution < 1.29 is 9.85 Å². The molecule has 0 aromatic heterocycles. The predicted octanol–water partition coefficient (Wildman–Crippen LogP) is -2.25. The Hall–Kier alpha value is -2.04. The van der Waals surface area contributed by atoms with Crippen LogP contribution in [0.1, 0.15) is 0 Å². The van der Waals surface area contributed by atoms with Crippen molar-refractivity contribution in [1.82, 2.24) is 0 Å². The molecule has 0 fully saturated rings. The van der Waals surface area contributed by atoms with Crippen molar-refractivity contribution in [2.45, 2.75) is 5.79 Å². The maximum Gasteiger partial charge on any atom is 0.558 e. The zero-order valence-electron chi connectivity index (χ0n) is 7.49. The molecule has 10 nitrogen and oxygen atoms in total. The molecule has 0 saturated carbocycles. The van der Waals surface area contributed by atoms with Gasteiger partial charge in [-0.05, 0) is 6.08 Å². The second-order valence-corrected chi connectivity index (χ2v) is 2.59. The third-order valence-corrected chi connectivity index (χ3v) is 1.29. The van der Waals surface area contributed by atoms with Gasteiger partial charge in [0.1, 0.15) is 9.85 Å². The smallest absolute Gasteiger partial charge is 0.398 e. The Morgan fingerprint density at radius 1 is 1.07 bits per heavy atom. The molecule has 0 aromatic rings. The molecular weight excluding hydrogens is 208 g/mol. The summed E-state index contributed by atoms with van der Waals surface area (Å²) in [4.78, 5) is 17.9. The van der Waals surface area contributed by atoms with Crippen LogP contribution in [0.3, 0.4) is 0 Å². The molecule has 0 spiro atoms. The summed E-state index contributed by atoms with van der Waals surface area (Å²) in [5.74, 6) is -3.14. The average Bonchev–Trinajstić information content (AvgIpc) is 2.00. The summed E-state index contributed by atoms with van der Waals surface area (Å²) in [5, 5.41) is 20.3. The second kappa shape index (κ2) is 4.45. The Labute approximate surface area is 83.5 Å². The summed E-state index contributed by atoms with van der Waals surface area (Å²) in [6, 6.07) is 0. The van der Waals surface area contributed by atoms with Gasteiger partial charge in [0, 0.05) is 0 Å². The number of rotatable bonds is 4. The lowest BCUT2D eigenvalue weighted by atomic mass is 10.2. The molecule has 10 heteroatoms. The molecule has 0 amide bonds. The van der Waals surface area contributed by atoms with E-state index in [-0.39, 0.29) is 5.70 Å². The van der Waals surface area contributed by atoms with Gasteiger partial charge < -0.3 is 5.73 Å². The van der Waals surface area contributed by atoms with Crippen molar-refractivity contribution >= 4 is 0 Å². The third kappa shape index (κ3) is 4.12. The lowest BCUT2D eigenvalue weighted by Gasteiger charge is -2.17. The first-order valence-electron chi connectivity index (χ1n) is 3.49. The molecule has 0 aliphatic heterocycles. The molecule has 0 heterocycles. The van der Waals surface area contributed by atoms with Crippen LogP contribution in [-0.4, -0.2) is 15.6 Å². The fourth-order valence-corrected chi connectivity index (χ4v) is 0.497. The van der Waals surface area contributed by atoms with E-state index in [1.807, 2.05) is 0 Å². The van der Waals surface area contributed by atoms with Gasteiger partial charge in [-0.25, -0.2) is 0 Å². The maximum atomic E-state index is 10.1. The number of allylic oxidation sites excluding steroid dienone is 2. The van der Waals surface area contributed by atoms with E-state index in [4.69, 9.17) is 22.9 Å². The molecule has 15 heavy (non-hydrogen) atoms. The van der Waals surface area contributed by atoms with Crippen molar-refractivity contribution in [3.8, 4) is 0 Å². The van der Waals surface area contributed by atoms with Gasteiger partial charge in [-0.3, -0.25) is 37.4 Å². The van der Waals surface area contributed by atoms with Gasteiger partial charge in [-0.15, -0.1) is 0 Å². The summed E-state index contributed by atoms with van der Waals surface area (Å²) < 4.78 is 0. The van der Waals surface area contributed by atoms with Crippen LogP contribution < -0.4 is 22.9 Å². The molecule has 0 saturated heterocycles. The van der Waals surface area contributed by atoms with Gasteiger partial charge in [0.05, 0.1) is 11.8 Å². The van der Waals surface area contributed by atoms with Crippen molar-refractivity contribution in [2.75, 3.05) is 0 Å². The first-order chi connectivity index (χ1) is 6.66. The molecule has 0 bridgehead atoms. The van der Waals surface area contributed by atoms with E-state index in [9.17, 15) is 20.2 Å². The van der Waals surface area contributed by atoms with Gasteiger partial charge in [-0.2, -0.15) is 0 Å². The molecule has 0 unspecified atom stereocenters. The number of nitrogens with two attached hydrogens (primary N) is 4. The molecular formula is C5H10N6O4. The van der Waals surface area contributed by atoms with E-state index < -0.39 is 21.5 Å². The van der Waals surface area contributed by atoms with Crippen LogP contribution in [0.4, 0.5) is 0 Å². The highest BCUT2D eigenvalue weighted by Gasteiger charge is 2.24. The van der Waals surface area contributed by atoms with Crippen molar-refractivity contribution in [1.29, 1.82) is 0 Å². The van der Waals surface area contributed by atoms with Crippen molar-refractivity contribution in [2.24, 2.45) is 22.9 Å².